The summed E-state index contributed by atoms with van der Waals surface area (Å²) in [6.45, 7) is 20.1. The minimum atomic E-state index is -2.33. The highest BCUT2D eigenvalue weighted by atomic mass is 28.5. The summed E-state index contributed by atoms with van der Waals surface area (Å²) in [6, 6.07) is 20.7. The molecule has 0 spiro atoms. The van der Waals surface area contributed by atoms with Crippen molar-refractivity contribution in [2.45, 2.75) is 77.8 Å². The van der Waals surface area contributed by atoms with E-state index in [1.165, 1.54) is 5.56 Å². The largest absolute Gasteiger partial charge is 0.436 e. The molecule has 0 aliphatic carbocycles. The van der Waals surface area contributed by atoms with Gasteiger partial charge in [-0.2, -0.15) is 5.26 Å². The molecule has 0 amide bonds. The van der Waals surface area contributed by atoms with Crippen LogP contribution in [-0.2, 0) is 18.4 Å². The maximum Gasteiger partial charge on any atom is 0.312 e. The summed E-state index contributed by atoms with van der Waals surface area (Å²) in [5.41, 5.74) is 4.25. The SMILES string of the molecule is CCC[Si](C)(C)O[Si](C)(C)O[Si](C)(C)O[Si](C)(C)Cc1ccc(-c2ccc(C#N)cc2)cc1. The van der Waals surface area contributed by atoms with Crippen molar-refractivity contribution in [2.75, 3.05) is 0 Å². The van der Waals surface area contributed by atoms with Gasteiger partial charge in [-0.1, -0.05) is 49.7 Å². The van der Waals surface area contributed by atoms with E-state index in [1.807, 2.05) is 24.3 Å². The first-order valence-corrected chi connectivity index (χ1v) is 23.7. The number of rotatable bonds is 11. The van der Waals surface area contributed by atoms with Crippen molar-refractivity contribution in [1.82, 2.24) is 0 Å². The molecule has 0 heterocycles. The molecule has 0 aliphatic heterocycles. The minimum Gasteiger partial charge on any atom is -0.436 e. The first-order valence-electron chi connectivity index (χ1n) is 11.9. The van der Waals surface area contributed by atoms with E-state index in [1.54, 1.807) is 0 Å². The maximum atomic E-state index is 8.99. The Kier molecular flexibility index (Phi) is 9.26. The molecule has 0 radical (unpaired) electrons. The van der Waals surface area contributed by atoms with Crippen LogP contribution in [-0.4, -0.2) is 33.8 Å². The van der Waals surface area contributed by atoms with E-state index in [0.29, 0.717) is 5.56 Å². The van der Waals surface area contributed by atoms with Crippen LogP contribution in [0.4, 0.5) is 0 Å². The second-order valence-corrected chi connectivity index (χ2v) is 26.9. The number of hydrogen-bond donors (Lipinski definition) is 0. The molecule has 0 fully saturated rings. The van der Waals surface area contributed by atoms with E-state index >= 15 is 0 Å². The van der Waals surface area contributed by atoms with Crippen molar-refractivity contribution in [3.05, 3.63) is 59.7 Å². The highest BCUT2D eigenvalue weighted by Gasteiger charge is 2.43. The fourth-order valence-corrected chi connectivity index (χ4v) is 24.3. The molecule has 33 heavy (non-hydrogen) atoms. The smallest absolute Gasteiger partial charge is 0.312 e. The summed E-state index contributed by atoms with van der Waals surface area (Å²) >= 11 is 0. The van der Waals surface area contributed by atoms with Gasteiger partial charge < -0.3 is 12.3 Å². The molecule has 0 bridgehead atoms. The van der Waals surface area contributed by atoms with Gasteiger partial charge >= 0.3 is 17.1 Å². The molecule has 0 aliphatic rings. The molecular formula is C25H41NO3Si4. The number of nitriles is 1. The summed E-state index contributed by atoms with van der Waals surface area (Å²) in [5, 5.41) is 8.99. The Bertz CT molecular complexity index is 949. The summed E-state index contributed by atoms with van der Waals surface area (Å²) in [6.07, 6.45) is 1.16. The molecule has 2 aromatic carbocycles. The topological polar surface area (TPSA) is 51.5 Å². The number of benzene rings is 2. The van der Waals surface area contributed by atoms with E-state index in [0.717, 1.165) is 29.6 Å². The van der Waals surface area contributed by atoms with Crippen molar-refractivity contribution in [2.24, 2.45) is 0 Å². The fourth-order valence-electron chi connectivity index (χ4n) is 4.70. The standard InChI is InChI=1S/C25H41NO3Si4/c1-10-19-30(2,3)27-32(6,7)29-33(8,9)28-31(4,5)21-23-13-17-25(18-14-23)24-15-11-22(20-26)12-16-24/h11-18H,10,19,21H2,1-9H3. The van der Waals surface area contributed by atoms with Crippen molar-refractivity contribution in [3.8, 4) is 17.2 Å². The Morgan fingerprint density at radius 2 is 1.12 bits per heavy atom. The first-order chi connectivity index (χ1) is 15.2. The van der Waals surface area contributed by atoms with Crippen LogP contribution in [0, 0.1) is 11.3 Å². The van der Waals surface area contributed by atoms with Crippen LogP contribution in [0.3, 0.4) is 0 Å². The average Bonchev–Trinajstić information content (AvgIpc) is 2.65. The fraction of sp³-hybridized carbons (Fsp3) is 0.480. The van der Waals surface area contributed by atoms with E-state index in [4.69, 9.17) is 17.6 Å². The van der Waals surface area contributed by atoms with E-state index in [2.05, 4.69) is 89.6 Å². The van der Waals surface area contributed by atoms with Crippen molar-refractivity contribution >= 4 is 33.8 Å². The van der Waals surface area contributed by atoms with E-state index in [9.17, 15) is 0 Å². The number of hydrogen-bond acceptors (Lipinski definition) is 4. The van der Waals surface area contributed by atoms with Gasteiger partial charge in [0.15, 0.2) is 16.6 Å². The van der Waals surface area contributed by atoms with Gasteiger partial charge in [0.2, 0.25) is 0 Å². The average molecular weight is 516 g/mol. The van der Waals surface area contributed by atoms with Gasteiger partial charge in [-0.05, 0) is 93.3 Å². The highest BCUT2D eigenvalue weighted by molar-refractivity contribution is 6.89. The van der Waals surface area contributed by atoms with Crippen molar-refractivity contribution < 1.29 is 12.3 Å². The number of nitrogens with zero attached hydrogens (tertiary/aromatic N) is 1. The first kappa shape index (κ1) is 27.9. The third kappa shape index (κ3) is 9.45. The van der Waals surface area contributed by atoms with Gasteiger partial charge in [0.25, 0.3) is 0 Å². The third-order valence-electron chi connectivity index (χ3n) is 5.32. The molecule has 0 aromatic heterocycles. The third-order valence-corrected chi connectivity index (χ3v) is 20.6. The zero-order chi connectivity index (χ0) is 24.9. The Morgan fingerprint density at radius 1 is 0.667 bits per heavy atom. The van der Waals surface area contributed by atoms with E-state index < -0.39 is 33.8 Å². The predicted octanol–water partition coefficient (Wildman–Crippen LogP) is 7.58. The molecule has 4 nitrogen and oxygen atoms in total. The highest BCUT2D eigenvalue weighted by Crippen LogP contribution is 2.27. The van der Waals surface area contributed by atoms with E-state index in [-0.39, 0.29) is 0 Å². The summed E-state index contributed by atoms with van der Waals surface area (Å²) in [5.74, 6) is 0. The zero-order valence-electron chi connectivity index (χ0n) is 21.9. The molecule has 180 valence electrons. The Morgan fingerprint density at radius 3 is 1.58 bits per heavy atom. The normalized spacial score (nSPS) is 13.1. The lowest BCUT2D eigenvalue weighted by molar-refractivity contribution is 0.328. The van der Waals surface area contributed by atoms with Gasteiger partial charge in [0, 0.05) is 0 Å². The molecule has 0 saturated heterocycles. The Balaban J connectivity index is 2.03. The molecule has 2 rings (SSSR count). The molecule has 2 aromatic rings. The summed E-state index contributed by atoms with van der Waals surface area (Å²) in [4.78, 5) is 0. The lowest BCUT2D eigenvalue weighted by Gasteiger charge is -2.41. The second-order valence-electron chi connectivity index (χ2n) is 10.9. The predicted molar refractivity (Wildman–Crippen MR) is 149 cm³/mol. The molecule has 0 N–H and O–H groups in total. The van der Waals surface area contributed by atoms with Gasteiger partial charge in [-0.25, -0.2) is 0 Å². The molecule has 0 atom stereocenters. The molecule has 0 saturated carbocycles. The van der Waals surface area contributed by atoms with Crippen LogP contribution in [0.1, 0.15) is 24.5 Å². The van der Waals surface area contributed by atoms with Gasteiger partial charge in [-0.3, -0.25) is 0 Å². The summed E-state index contributed by atoms with van der Waals surface area (Å²) < 4.78 is 20.0. The van der Waals surface area contributed by atoms with Crippen LogP contribution < -0.4 is 0 Å². The van der Waals surface area contributed by atoms with Crippen LogP contribution in [0.2, 0.25) is 58.4 Å². The van der Waals surface area contributed by atoms with Crippen LogP contribution in [0.5, 0.6) is 0 Å². The van der Waals surface area contributed by atoms with Gasteiger partial charge in [-0.15, -0.1) is 0 Å². The lowest BCUT2D eigenvalue weighted by Crippen LogP contribution is -2.56. The Hall–Kier alpha value is -1.32. The monoisotopic (exact) mass is 515 g/mol. The van der Waals surface area contributed by atoms with Gasteiger partial charge in [0.1, 0.15) is 0 Å². The van der Waals surface area contributed by atoms with Crippen molar-refractivity contribution in [3.63, 3.8) is 0 Å². The lowest BCUT2D eigenvalue weighted by atomic mass is 10.0. The minimum absolute atomic E-state index is 0.683. The second kappa shape index (κ2) is 10.9. The van der Waals surface area contributed by atoms with Crippen LogP contribution in [0.25, 0.3) is 11.1 Å². The van der Waals surface area contributed by atoms with Crippen LogP contribution >= 0.6 is 0 Å². The summed E-state index contributed by atoms with van der Waals surface area (Å²) in [7, 11) is -8.27. The zero-order valence-corrected chi connectivity index (χ0v) is 25.9. The molecule has 8 heteroatoms. The van der Waals surface area contributed by atoms with Crippen LogP contribution in [0.15, 0.2) is 48.5 Å². The molecular weight excluding hydrogens is 475 g/mol. The van der Waals surface area contributed by atoms with Crippen molar-refractivity contribution in [1.29, 1.82) is 5.26 Å². The quantitative estimate of drug-likeness (QED) is 0.289. The van der Waals surface area contributed by atoms with Gasteiger partial charge in [0.05, 0.1) is 11.6 Å². The molecule has 0 unspecified atom stereocenters. The maximum absolute atomic E-state index is 8.99. The Labute approximate surface area is 205 Å².